The van der Waals surface area contributed by atoms with Crippen molar-refractivity contribution >= 4 is 31.8 Å². The molecule has 36 heavy (non-hydrogen) atoms. The molecule has 1 aromatic heterocycles. The quantitative estimate of drug-likeness (QED) is 0.316. The molecule has 0 amide bonds. The molecule has 0 radical (unpaired) electrons. The number of rotatable bonds is 9. The van der Waals surface area contributed by atoms with Crippen molar-refractivity contribution in [2.24, 2.45) is 0 Å². The van der Waals surface area contributed by atoms with Crippen molar-refractivity contribution in [3.63, 3.8) is 0 Å². The van der Waals surface area contributed by atoms with Crippen LogP contribution in [0.1, 0.15) is 40.2 Å². The Kier molecular flexibility index (Phi) is 10.5. The smallest absolute Gasteiger partial charge is 0.264 e. The summed E-state index contributed by atoms with van der Waals surface area (Å²) >= 11 is 3.17. The Morgan fingerprint density at radius 3 is 2.17 bits per heavy atom. The van der Waals surface area contributed by atoms with Crippen LogP contribution in [0.2, 0.25) is 0 Å². The largest absolute Gasteiger partial charge is 0.493 e. The first kappa shape index (κ1) is 29.3. The van der Waals surface area contributed by atoms with Crippen molar-refractivity contribution in [3.05, 3.63) is 58.8 Å². The van der Waals surface area contributed by atoms with E-state index >= 15 is 0 Å². The van der Waals surface area contributed by atoms with Crippen molar-refractivity contribution in [2.75, 3.05) is 25.0 Å². The number of ether oxygens (including phenoxy) is 3. The maximum absolute atomic E-state index is 13.2. The summed E-state index contributed by atoms with van der Waals surface area (Å²) in [6.45, 7) is 9.76. The van der Waals surface area contributed by atoms with Gasteiger partial charge in [0.2, 0.25) is 10.5 Å². The molecule has 1 heterocycles. The van der Waals surface area contributed by atoms with Crippen molar-refractivity contribution < 1.29 is 27.7 Å². The minimum Gasteiger partial charge on any atom is -0.493 e. The highest BCUT2D eigenvalue weighted by Gasteiger charge is 2.25. The molecule has 3 rings (SSSR count). The number of aliphatic hydroxyl groups excluding tert-OH is 1. The van der Waals surface area contributed by atoms with E-state index in [0.29, 0.717) is 11.5 Å². The van der Waals surface area contributed by atoms with Gasteiger partial charge in [-0.2, -0.15) is 9.97 Å². The molecule has 2 aromatic carbocycles. The molecular weight excluding hydrogens is 550 g/mol. The van der Waals surface area contributed by atoms with Crippen molar-refractivity contribution in [2.45, 2.75) is 44.9 Å². The normalized spacial score (nSPS) is 11.2. The fourth-order valence-corrected chi connectivity index (χ4v) is 4.28. The lowest BCUT2D eigenvalue weighted by Crippen LogP contribution is -2.17. The molecule has 0 spiro atoms. The number of halogens is 1. The number of anilines is 1. The summed E-state index contributed by atoms with van der Waals surface area (Å²) in [5.41, 5.74) is 0.873. The zero-order chi connectivity index (χ0) is 26.9. The average molecular weight is 583 g/mol. The van der Waals surface area contributed by atoms with Gasteiger partial charge in [0.25, 0.3) is 15.9 Å². The highest BCUT2D eigenvalue weighted by molar-refractivity contribution is 9.10. The molecule has 0 aliphatic rings. The Hall–Kier alpha value is -2.89. The summed E-state index contributed by atoms with van der Waals surface area (Å²) in [6, 6.07) is 13.4. The van der Waals surface area contributed by atoms with Crippen LogP contribution in [0.3, 0.4) is 0 Å². The molecule has 0 saturated carbocycles. The van der Waals surface area contributed by atoms with Gasteiger partial charge >= 0.3 is 0 Å². The number of para-hydroxylation sites is 2. The number of aliphatic hydroxyl groups is 1. The van der Waals surface area contributed by atoms with Crippen LogP contribution >= 0.6 is 15.9 Å². The lowest BCUT2D eigenvalue weighted by Gasteiger charge is -2.19. The van der Waals surface area contributed by atoms with E-state index in [-0.39, 0.29) is 45.7 Å². The molecule has 0 aliphatic carbocycles. The molecule has 2 N–H and O–H groups in total. The highest BCUT2D eigenvalue weighted by Crippen LogP contribution is 2.41. The number of sulfonamides is 1. The molecule has 11 heteroatoms. The van der Waals surface area contributed by atoms with E-state index in [1.165, 1.54) is 19.2 Å². The first-order valence-corrected chi connectivity index (χ1v) is 13.6. The molecule has 0 atom stereocenters. The fraction of sp³-hybridized carbons (Fsp3) is 0.360. The van der Waals surface area contributed by atoms with E-state index in [1.54, 1.807) is 36.4 Å². The minimum atomic E-state index is -4.04. The third-order valence-corrected chi connectivity index (χ3v) is 6.39. The first-order chi connectivity index (χ1) is 17.0. The van der Waals surface area contributed by atoms with Crippen LogP contribution in [-0.4, -0.2) is 43.8 Å². The maximum Gasteiger partial charge on any atom is 0.264 e. The number of methoxy groups -OCH3 is 1. The van der Waals surface area contributed by atoms with Gasteiger partial charge in [0.1, 0.15) is 6.61 Å². The third kappa shape index (κ3) is 7.55. The van der Waals surface area contributed by atoms with Crippen molar-refractivity contribution in [3.8, 4) is 23.1 Å². The second-order valence-corrected chi connectivity index (χ2v) is 10.6. The zero-order valence-corrected chi connectivity index (χ0v) is 23.6. The van der Waals surface area contributed by atoms with Gasteiger partial charge in [-0.1, -0.05) is 58.9 Å². The number of aromatic nitrogens is 2. The van der Waals surface area contributed by atoms with E-state index in [2.05, 4.69) is 30.6 Å². The number of nitrogens with one attached hydrogen (secondary N) is 1. The summed E-state index contributed by atoms with van der Waals surface area (Å²) < 4.78 is 45.6. The molecule has 0 saturated heterocycles. The number of hydrogen-bond acceptors (Lipinski definition) is 8. The van der Waals surface area contributed by atoms with Gasteiger partial charge in [-0.05, 0) is 51.2 Å². The van der Waals surface area contributed by atoms with Gasteiger partial charge in [0.05, 0.1) is 18.6 Å². The Labute approximate surface area is 221 Å². The van der Waals surface area contributed by atoms with Gasteiger partial charge in [0.15, 0.2) is 17.3 Å². The SMILES string of the molecule is CC.COc1ccccc1Oc1c(NS(=O)(=O)c2ccc(C(C)(C)C)cc2)nc(Br)nc1OCCO. The fourth-order valence-electron chi connectivity index (χ4n) is 2.94. The molecule has 196 valence electrons. The van der Waals surface area contributed by atoms with Crippen LogP contribution in [0, 0.1) is 0 Å². The molecule has 9 nitrogen and oxygen atoms in total. The van der Waals surface area contributed by atoms with E-state index in [0.717, 1.165) is 5.56 Å². The summed E-state index contributed by atoms with van der Waals surface area (Å²) in [7, 11) is -2.56. The topological polar surface area (TPSA) is 120 Å². The Bertz CT molecular complexity index is 1250. The average Bonchev–Trinajstić information content (AvgIpc) is 2.85. The van der Waals surface area contributed by atoms with Gasteiger partial charge < -0.3 is 19.3 Å². The lowest BCUT2D eigenvalue weighted by molar-refractivity contribution is 0.192. The molecule has 3 aromatic rings. The second-order valence-electron chi connectivity index (χ2n) is 8.18. The van der Waals surface area contributed by atoms with Crippen molar-refractivity contribution in [1.29, 1.82) is 0 Å². The van der Waals surface area contributed by atoms with E-state index in [9.17, 15) is 13.5 Å². The third-order valence-electron chi connectivity index (χ3n) is 4.68. The predicted octanol–water partition coefficient (Wildman–Crippen LogP) is 5.54. The number of hydrogen-bond donors (Lipinski definition) is 2. The van der Waals surface area contributed by atoms with Crippen LogP contribution in [0.25, 0.3) is 0 Å². The number of nitrogens with zero attached hydrogens (tertiary/aromatic N) is 2. The zero-order valence-electron chi connectivity index (χ0n) is 21.2. The minimum absolute atomic E-state index is 0.0521. The molecular formula is C25H32BrN3O6S. The molecule has 0 fully saturated rings. The first-order valence-electron chi connectivity index (χ1n) is 11.3. The van der Waals surface area contributed by atoms with Crippen molar-refractivity contribution in [1.82, 2.24) is 9.97 Å². The van der Waals surface area contributed by atoms with Crippen LogP contribution < -0.4 is 18.9 Å². The van der Waals surface area contributed by atoms with Gasteiger partial charge in [-0.3, -0.25) is 4.72 Å². The Morgan fingerprint density at radius 1 is 1.00 bits per heavy atom. The Balaban J connectivity index is 0.00000222. The molecule has 0 bridgehead atoms. The van der Waals surface area contributed by atoms with Crippen LogP contribution in [0.15, 0.2) is 58.2 Å². The van der Waals surface area contributed by atoms with Gasteiger partial charge in [-0.25, -0.2) is 8.42 Å². The standard InChI is InChI=1S/C23H26BrN3O6S.C2H6/c1-23(2,3)15-9-11-16(12-10-15)34(29,30)27-20-19(21(32-14-13-28)26-22(24)25-20)33-18-8-6-5-7-17(18)31-4;1-2/h5-12,28H,13-14H2,1-4H3,(H,25,26,27);1-2H3. The lowest BCUT2D eigenvalue weighted by atomic mass is 9.87. The van der Waals surface area contributed by atoms with Gasteiger partial charge in [0, 0.05) is 0 Å². The Morgan fingerprint density at radius 2 is 1.61 bits per heavy atom. The molecule has 0 unspecified atom stereocenters. The monoisotopic (exact) mass is 581 g/mol. The molecule has 0 aliphatic heterocycles. The summed E-state index contributed by atoms with van der Waals surface area (Å²) in [6.07, 6.45) is 0. The van der Waals surface area contributed by atoms with Crippen LogP contribution in [0.4, 0.5) is 5.82 Å². The summed E-state index contributed by atoms with van der Waals surface area (Å²) in [5.74, 6) is 0.393. The van der Waals surface area contributed by atoms with E-state index < -0.39 is 10.0 Å². The predicted molar refractivity (Wildman–Crippen MR) is 143 cm³/mol. The summed E-state index contributed by atoms with van der Waals surface area (Å²) in [5, 5.41) is 9.19. The maximum atomic E-state index is 13.2. The van der Waals surface area contributed by atoms with E-state index in [1.807, 2.05) is 34.6 Å². The van der Waals surface area contributed by atoms with Gasteiger partial charge in [-0.15, -0.1) is 0 Å². The summed E-state index contributed by atoms with van der Waals surface area (Å²) in [4.78, 5) is 8.36. The second kappa shape index (κ2) is 12.9. The van der Waals surface area contributed by atoms with Crippen LogP contribution in [0.5, 0.6) is 23.1 Å². The number of benzene rings is 2. The van der Waals surface area contributed by atoms with E-state index in [4.69, 9.17) is 14.2 Å². The highest BCUT2D eigenvalue weighted by atomic mass is 79.9. The van der Waals surface area contributed by atoms with Crippen LogP contribution in [-0.2, 0) is 15.4 Å².